The first-order valence-electron chi connectivity index (χ1n) is 11.0. The molecule has 0 saturated carbocycles. The molecular formula is C21H33N3O9SSi. The van der Waals surface area contributed by atoms with E-state index >= 15 is 0 Å². The van der Waals surface area contributed by atoms with Crippen molar-refractivity contribution in [3.8, 4) is 0 Å². The Morgan fingerprint density at radius 1 is 1.29 bits per heavy atom. The molecule has 2 aliphatic heterocycles. The quantitative estimate of drug-likeness (QED) is 0.324. The first-order valence-corrected chi connectivity index (χ1v) is 15.4. The summed E-state index contributed by atoms with van der Waals surface area (Å²) in [6.07, 6.45) is -2.39. The minimum absolute atomic E-state index is 0.199. The fourth-order valence-corrected chi connectivity index (χ4v) is 6.44. The molecule has 3 heterocycles. The summed E-state index contributed by atoms with van der Waals surface area (Å²) in [5, 5.41) is 0.448. The molecule has 0 aromatic carbocycles. The van der Waals surface area contributed by atoms with E-state index in [0.717, 1.165) is 14.5 Å². The fourth-order valence-electron chi connectivity index (χ4n) is 3.93. The number of nitrogens with zero attached hydrogens (tertiary/aromatic N) is 2. The number of rotatable bonds is 5. The smallest absolute Gasteiger partial charge is 0.332 e. The van der Waals surface area contributed by atoms with E-state index in [1.165, 1.54) is 27.1 Å². The zero-order valence-corrected chi connectivity index (χ0v) is 23.0. The third-order valence-corrected chi connectivity index (χ3v) is 12.4. The molecule has 1 aromatic heterocycles. The average molecular weight is 532 g/mol. The monoisotopic (exact) mass is 531 g/mol. The summed E-state index contributed by atoms with van der Waals surface area (Å²) >= 11 is 0. The van der Waals surface area contributed by atoms with E-state index in [1.807, 2.05) is 33.9 Å². The van der Waals surface area contributed by atoms with Gasteiger partial charge in [-0.3, -0.25) is 18.7 Å². The lowest BCUT2D eigenvalue weighted by Crippen LogP contribution is -2.59. The van der Waals surface area contributed by atoms with Gasteiger partial charge in [-0.25, -0.2) is 8.98 Å². The molecule has 14 heteroatoms. The molecule has 0 radical (unpaired) electrons. The summed E-state index contributed by atoms with van der Waals surface area (Å²) in [4.78, 5) is 37.0. The van der Waals surface area contributed by atoms with Crippen LogP contribution in [0.2, 0.25) is 18.1 Å². The maximum absolute atomic E-state index is 13.1. The van der Waals surface area contributed by atoms with E-state index in [9.17, 15) is 22.8 Å². The summed E-state index contributed by atoms with van der Waals surface area (Å²) in [6.45, 7) is 12.2. The Labute approximate surface area is 204 Å². The van der Waals surface area contributed by atoms with Crippen molar-refractivity contribution >= 4 is 24.4 Å². The van der Waals surface area contributed by atoms with Gasteiger partial charge in [-0.15, -0.1) is 0 Å². The lowest BCUT2D eigenvalue weighted by molar-refractivity contribution is -0.148. The Bertz CT molecular complexity index is 1290. The van der Waals surface area contributed by atoms with Crippen LogP contribution in [0.1, 0.15) is 39.5 Å². The Hall–Kier alpha value is -2.26. The summed E-state index contributed by atoms with van der Waals surface area (Å²) in [5.74, 6) is -0.632. The number of carbonyl (C=O) groups is 1. The Morgan fingerprint density at radius 3 is 2.37 bits per heavy atom. The van der Waals surface area contributed by atoms with Crippen molar-refractivity contribution in [2.75, 3.05) is 6.61 Å². The van der Waals surface area contributed by atoms with Gasteiger partial charge in [0.05, 0.1) is 11.1 Å². The summed E-state index contributed by atoms with van der Waals surface area (Å²) in [5.41, 5.74) is 3.21. The van der Waals surface area contributed by atoms with Crippen molar-refractivity contribution in [2.45, 2.75) is 76.8 Å². The minimum atomic E-state index is -4.24. The molecule has 4 atom stereocenters. The number of aryl methyl sites for hydroxylation is 1. The van der Waals surface area contributed by atoms with E-state index in [4.69, 9.17) is 23.8 Å². The van der Waals surface area contributed by atoms with E-state index in [1.54, 1.807) is 0 Å². The molecule has 2 aliphatic rings. The average Bonchev–Trinajstić information content (AvgIpc) is 3.13. The molecule has 1 fully saturated rings. The molecule has 1 saturated heterocycles. The van der Waals surface area contributed by atoms with Gasteiger partial charge in [-0.05, 0) is 25.1 Å². The highest BCUT2D eigenvalue weighted by Crippen LogP contribution is 2.51. The molecule has 196 valence electrons. The van der Waals surface area contributed by atoms with Crippen LogP contribution in [-0.4, -0.2) is 56.3 Å². The summed E-state index contributed by atoms with van der Waals surface area (Å²) in [6, 6.07) is 0. The van der Waals surface area contributed by atoms with Crippen LogP contribution in [0.3, 0.4) is 0 Å². The van der Waals surface area contributed by atoms with Crippen molar-refractivity contribution in [2.24, 2.45) is 12.8 Å². The molecule has 2 N–H and O–H groups in total. The molecule has 0 amide bonds. The van der Waals surface area contributed by atoms with Crippen molar-refractivity contribution in [1.29, 1.82) is 0 Å². The van der Waals surface area contributed by atoms with Crippen LogP contribution < -0.4 is 17.0 Å². The highest BCUT2D eigenvalue weighted by Gasteiger charge is 2.67. The van der Waals surface area contributed by atoms with Gasteiger partial charge in [0.2, 0.25) is 0 Å². The standard InChI is InChI=1S/C21H33N3O9SSi/c1-12-9-24(19(27)23(6)17(12)26)18-16(32-35(7,8)20(3,4)5)21(14(22)11-34(28,29)33-21)15(31-18)10-30-13(2)25/h9,11,15-16,18H,10,22H2,1-8H3/t15-,16+,18-,21?/m1/s1. The largest absolute Gasteiger partial charge is 0.463 e. The van der Waals surface area contributed by atoms with E-state index in [0.29, 0.717) is 0 Å². The third kappa shape index (κ3) is 4.64. The minimum Gasteiger partial charge on any atom is -0.463 e. The van der Waals surface area contributed by atoms with Crippen LogP contribution in [-0.2, 0) is 40.0 Å². The van der Waals surface area contributed by atoms with Gasteiger partial charge < -0.3 is 19.6 Å². The van der Waals surface area contributed by atoms with Crippen LogP contribution >= 0.6 is 0 Å². The van der Waals surface area contributed by atoms with Crippen molar-refractivity contribution in [3.05, 3.63) is 43.7 Å². The number of hydrogen-bond acceptors (Lipinski definition) is 10. The number of nitrogens with two attached hydrogens (primary N) is 1. The normalized spacial score (nSPS) is 28.3. The first-order chi connectivity index (χ1) is 15.8. The molecular weight excluding hydrogens is 498 g/mol. The van der Waals surface area contributed by atoms with Gasteiger partial charge in [0.1, 0.15) is 18.8 Å². The second kappa shape index (κ2) is 8.69. The number of carbonyl (C=O) groups excluding carboxylic acids is 1. The van der Waals surface area contributed by atoms with Crippen LogP contribution in [0.4, 0.5) is 0 Å². The first kappa shape index (κ1) is 27.3. The SMILES string of the molecule is CC(=O)OC[C@H]1O[C@@H](n2cc(C)c(=O)n(C)c2=O)[C@H](O[Si](C)(C)C(C)(C)C)C12OS(=O)(=O)C=C2N. The molecule has 0 bridgehead atoms. The molecule has 1 aromatic rings. The summed E-state index contributed by atoms with van der Waals surface area (Å²) in [7, 11) is -5.59. The van der Waals surface area contributed by atoms with Gasteiger partial charge >= 0.3 is 11.7 Å². The Morgan fingerprint density at radius 2 is 1.89 bits per heavy atom. The van der Waals surface area contributed by atoms with Crippen LogP contribution in [0.5, 0.6) is 0 Å². The van der Waals surface area contributed by atoms with Crippen LogP contribution in [0, 0.1) is 6.92 Å². The second-order valence-electron chi connectivity index (χ2n) is 10.4. The molecule has 1 spiro atoms. The van der Waals surface area contributed by atoms with E-state index in [-0.39, 0.29) is 16.3 Å². The zero-order chi connectivity index (χ0) is 26.7. The van der Waals surface area contributed by atoms with Gasteiger partial charge in [-0.2, -0.15) is 8.42 Å². The van der Waals surface area contributed by atoms with E-state index < -0.39 is 66.3 Å². The van der Waals surface area contributed by atoms with Crippen molar-refractivity contribution in [3.63, 3.8) is 0 Å². The lowest BCUT2D eigenvalue weighted by atomic mass is 9.89. The Kier molecular flexibility index (Phi) is 6.79. The molecule has 35 heavy (non-hydrogen) atoms. The van der Waals surface area contributed by atoms with Gasteiger partial charge in [0.25, 0.3) is 15.7 Å². The highest BCUT2D eigenvalue weighted by atomic mass is 32.2. The maximum Gasteiger partial charge on any atom is 0.332 e. The molecule has 3 rings (SSSR count). The number of esters is 1. The Balaban J connectivity index is 2.29. The third-order valence-electron chi connectivity index (χ3n) is 6.86. The number of hydrogen-bond donors (Lipinski definition) is 1. The number of ether oxygens (including phenoxy) is 2. The molecule has 1 unspecified atom stereocenters. The lowest BCUT2D eigenvalue weighted by Gasteiger charge is -2.43. The number of aromatic nitrogens is 2. The van der Waals surface area contributed by atoms with Crippen molar-refractivity contribution < 1.29 is 31.3 Å². The molecule has 12 nitrogen and oxygen atoms in total. The fraction of sp³-hybridized carbons (Fsp3) is 0.667. The van der Waals surface area contributed by atoms with Gasteiger partial charge in [0.15, 0.2) is 20.1 Å². The highest BCUT2D eigenvalue weighted by molar-refractivity contribution is 7.90. The maximum atomic E-state index is 13.1. The second-order valence-corrected chi connectivity index (χ2v) is 16.6. The predicted molar refractivity (Wildman–Crippen MR) is 128 cm³/mol. The molecule has 0 aliphatic carbocycles. The predicted octanol–water partition coefficient (Wildman–Crippen LogP) is 0.605. The zero-order valence-electron chi connectivity index (χ0n) is 21.1. The van der Waals surface area contributed by atoms with Gasteiger partial charge in [0, 0.05) is 25.7 Å². The summed E-state index contributed by atoms with van der Waals surface area (Å²) < 4.78 is 50.7. The van der Waals surface area contributed by atoms with Crippen molar-refractivity contribution in [1.82, 2.24) is 9.13 Å². The van der Waals surface area contributed by atoms with E-state index in [2.05, 4.69) is 0 Å². The van der Waals surface area contributed by atoms with Crippen LogP contribution in [0.25, 0.3) is 0 Å². The van der Waals surface area contributed by atoms with Gasteiger partial charge in [-0.1, -0.05) is 20.8 Å². The topological polar surface area (TPSA) is 158 Å². The van der Waals surface area contributed by atoms with Crippen LogP contribution in [0.15, 0.2) is 26.9 Å².